The van der Waals surface area contributed by atoms with Crippen LogP contribution in [-0.4, -0.2) is 61.8 Å². The lowest BCUT2D eigenvalue weighted by molar-refractivity contribution is -0.122. The molecule has 1 amide bonds. The van der Waals surface area contributed by atoms with Gasteiger partial charge in [-0.1, -0.05) is 11.2 Å². The molecule has 0 saturated carbocycles. The van der Waals surface area contributed by atoms with Crippen molar-refractivity contribution in [3.8, 4) is 0 Å². The molecular weight excluding hydrogens is 376 g/mol. The van der Waals surface area contributed by atoms with Crippen molar-refractivity contribution in [3.63, 3.8) is 0 Å². The topological polar surface area (TPSA) is 139 Å². The predicted octanol–water partition coefficient (Wildman–Crippen LogP) is 2.41. The molecule has 1 heterocycles. The van der Waals surface area contributed by atoms with E-state index in [0.717, 1.165) is 6.26 Å². The van der Waals surface area contributed by atoms with Gasteiger partial charge in [0, 0.05) is 10.8 Å². The fourth-order valence-corrected chi connectivity index (χ4v) is 3.70. The SMILES string of the molecule is C=CC1CC(C(C)=O)N(C(=O)OC(C)(C)C)C1C(CN=[N+]=[N-])OS(C)(=O)=O. The minimum Gasteiger partial charge on any atom is -0.444 e. The normalized spacial score (nSPS) is 24.0. The van der Waals surface area contributed by atoms with Gasteiger partial charge in [0.15, 0.2) is 5.78 Å². The van der Waals surface area contributed by atoms with Gasteiger partial charge in [0.25, 0.3) is 10.1 Å². The molecule has 0 aromatic rings. The number of likely N-dealkylation sites (tertiary alicyclic amines) is 1. The van der Waals surface area contributed by atoms with Gasteiger partial charge < -0.3 is 4.74 Å². The van der Waals surface area contributed by atoms with Crippen molar-refractivity contribution in [1.82, 2.24) is 4.90 Å². The van der Waals surface area contributed by atoms with E-state index in [1.54, 1.807) is 20.8 Å². The number of rotatable bonds is 7. The highest BCUT2D eigenvalue weighted by molar-refractivity contribution is 7.86. The Balaban J connectivity index is 3.42. The van der Waals surface area contributed by atoms with Crippen LogP contribution in [0, 0.1) is 5.92 Å². The smallest absolute Gasteiger partial charge is 0.411 e. The fourth-order valence-electron chi connectivity index (χ4n) is 3.08. The Morgan fingerprint density at radius 2 is 2.04 bits per heavy atom. The summed E-state index contributed by atoms with van der Waals surface area (Å²) in [5, 5.41) is 3.40. The van der Waals surface area contributed by atoms with Crippen LogP contribution in [0.2, 0.25) is 0 Å². The summed E-state index contributed by atoms with van der Waals surface area (Å²) in [7, 11) is -3.93. The van der Waals surface area contributed by atoms with Crippen molar-refractivity contribution in [2.24, 2.45) is 11.0 Å². The first-order chi connectivity index (χ1) is 12.3. The van der Waals surface area contributed by atoms with Gasteiger partial charge in [-0.3, -0.25) is 13.9 Å². The maximum Gasteiger partial charge on any atom is 0.411 e. The van der Waals surface area contributed by atoms with Gasteiger partial charge >= 0.3 is 6.09 Å². The Bertz CT molecular complexity index is 738. The average Bonchev–Trinajstić information content (AvgIpc) is 2.88. The molecule has 0 bridgehead atoms. The monoisotopic (exact) mass is 402 g/mol. The average molecular weight is 402 g/mol. The van der Waals surface area contributed by atoms with Crippen molar-refractivity contribution >= 4 is 22.0 Å². The number of hydrogen-bond acceptors (Lipinski definition) is 7. The third-order valence-electron chi connectivity index (χ3n) is 3.97. The largest absolute Gasteiger partial charge is 0.444 e. The lowest BCUT2D eigenvalue weighted by Crippen LogP contribution is -2.53. The standard InChI is InChI=1S/C16H26N4O6S/c1-7-11-8-12(10(2)21)20(15(22)25-16(3,4)5)14(11)13(9-18-19-17)26-27(6,23)24/h7,11-14H,1,8-9H2,2-6H3. The Kier molecular flexibility index (Phi) is 7.41. The number of amides is 1. The van der Waals surface area contributed by atoms with Crippen molar-refractivity contribution in [3.05, 3.63) is 23.1 Å². The van der Waals surface area contributed by atoms with Gasteiger partial charge in [-0.15, -0.1) is 6.58 Å². The van der Waals surface area contributed by atoms with Gasteiger partial charge in [0.2, 0.25) is 0 Å². The first-order valence-electron chi connectivity index (χ1n) is 8.34. The van der Waals surface area contributed by atoms with Crippen LogP contribution in [0.25, 0.3) is 10.4 Å². The fraction of sp³-hybridized carbons (Fsp3) is 0.750. The van der Waals surface area contributed by atoms with E-state index in [2.05, 4.69) is 16.6 Å². The van der Waals surface area contributed by atoms with E-state index in [1.165, 1.54) is 17.9 Å². The second-order valence-corrected chi connectivity index (χ2v) is 8.99. The second kappa shape index (κ2) is 8.73. The zero-order chi connectivity index (χ0) is 21.0. The van der Waals surface area contributed by atoms with Gasteiger partial charge in [0.1, 0.15) is 11.7 Å². The van der Waals surface area contributed by atoms with E-state index in [4.69, 9.17) is 14.5 Å². The molecular formula is C16H26N4O6S. The Morgan fingerprint density at radius 3 is 2.44 bits per heavy atom. The van der Waals surface area contributed by atoms with E-state index < -0.39 is 45.9 Å². The maximum absolute atomic E-state index is 12.8. The van der Waals surface area contributed by atoms with Gasteiger partial charge in [-0.2, -0.15) is 8.42 Å². The molecule has 4 atom stereocenters. The summed E-state index contributed by atoms with van der Waals surface area (Å²) in [5.41, 5.74) is 7.80. The zero-order valence-corrected chi connectivity index (χ0v) is 17.0. The minimum atomic E-state index is -3.93. The van der Waals surface area contributed by atoms with Crippen molar-refractivity contribution in [1.29, 1.82) is 0 Å². The first kappa shape index (κ1) is 22.9. The summed E-state index contributed by atoms with van der Waals surface area (Å²) in [6.45, 7) is 9.73. The highest BCUT2D eigenvalue weighted by Gasteiger charge is 2.50. The quantitative estimate of drug-likeness (QED) is 0.211. The molecule has 0 spiro atoms. The highest BCUT2D eigenvalue weighted by Crippen LogP contribution is 2.36. The summed E-state index contributed by atoms with van der Waals surface area (Å²) in [4.78, 5) is 28.7. The van der Waals surface area contributed by atoms with Crippen LogP contribution >= 0.6 is 0 Å². The molecule has 10 nitrogen and oxygen atoms in total. The molecule has 0 N–H and O–H groups in total. The van der Waals surface area contributed by atoms with Gasteiger partial charge in [-0.25, -0.2) is 4.79 Å². The molecule has 1 rings (SSSR count). The van der Waals surface area contributed by atoms with E-state index in [9.17, 15) is 18.0 Å². The highest BCUT2D eigenvalue weighted by atomic mass is 32.2. The van der Waals surface area contributed by atoms with Crippen LogP contribution in [0.4, 0.5) is 4.79 Å². The Labute approximate surface area is 159 Å². The van der Waals surface area contributed by atoms with Crippen LogP contribution in [0.1, 0.15) is 34.1 Å². The molecule has 1 aliphatic heterocycles. The van der Waals surface area contributed by atoms with Crippen molar-refractivity contribution < 1.29 is 26.9 Å². The lowest BCUT2D eigenvalue weighted by Gasteiger charge is -2.35. The molecule has 0 radical (unpaired) electrons. The first-order valence-corrected chi connectivity index (χ1v) is 10.2. The molecule has 0 aromatic heterocycles. The van der Waals surface area contributed by atoms with Crippen LogP contribution in [0.15, 0.2) is 17.8 Å². The summed E-state index contributed by atoms with van der Waals surface area (Å²) in [6.07, 6.45) is 0.659. The Hall–Kier alpha value is -2.10. The number of hydrogen-bond donors (Lipinski definition) is 0. The number of ketones is 1. The molecule has 11 heteroatoms. The summed E-state index contributed by atoms with van der Waals surface area (Å²) in [6, 6.07) is -1.73. The molecule has 0 aliphatic carbocycles. The number of Topliss-reactive ketones (excluding diaryl/α,β-unsaturated/α-hetero) is 1. The minimum absolute atomic E-state index is 0.239. The number of carbonyl (C=O) groups is 2. The molecule has 1 aliphatic rings. The third-order valence-corrected chi connectivity index (χ3v) is 4.57. The van der Waals surface area contributed by atoms with Crippen LogP contribution in [0.5, 0.6) is 0 Å². The molecule has 27 heavy (non-hydrogen) atoms. The molecule has 4 unspecified atom stereocenters. The number of azide groups is 1. The molecule has 152 valence electrons. The van der Waals surface area contributed by atoms with Gasteiger partial charge in [0.05, 0.1) is 24.9 Å². The summed E-state index contributed by atoms with van der Waals surface area (Å²) in [5.74, 6) is -0.732. The number of carbonyl (C=O) groups excluding carboxylic acids is 2. The van der Waals surface area contributed by atoms with Crippen LogP contribution in [-0.2, 0) is 23.8 Å². The van der Waals surface area contributed by atoms with E-state index in [-0.39, 0.29) is 18.7 Å². The van der Waals surface area contributed by atoms with Crippen LogP contribution in [0.3, 0.4) is 0 Å². The van der Waals surface area contributed by atoms with Gasteiger partial charge in [-0.05, 0) is 39.6 Å². The van der Waals surface area contributed by atoms with E-state index in [1.807, 2.05) is 0 Å². The maximum atomic E-state index is 12.8. The lowest BCUT2D eigenvalue weighted by atomic mass is 9.94. The molecule has 0 aromatic carbocycles. The summed E-state index contributed by atoms with van der Waals surface area (Å²) < 4.78 is 33.9. The molecule has 1 fully saturated rings. The summed E-state index contributed by atoms with van der Waals surface area (Å²) >= 11 is 0. The zero-order valence-electron chi connectivity index (χ0n) is 16.2. The second-order valence-electron chi connectivity index (χ2n) is 7.39. The number of nitrogens with zero attached hydrogens (tertiary/aromatic N) is 4. The molecule has 1 saturated heterocycles. The van der Waals surface area contributed by atoms with Crippen molar-refractivity contribution in [2.45, 2.75) is 57.9 Å². The Morgan fingerprint density at radius 1 is 1.44 bits per heavy atom. The number of ether oxygens (including phenoxy) is 1. The van der Waals surface area contributed by atoms with E-state index >= 15 is 0 Å². The third kappa shape index (κ3) is 6.53. The van der Waals surface area contributed by atoms with Crippen LogP contribution < -0.4 is 0 Å². The predicted molar refractivity (Wildman–Crippen MR) is 98.4 cm³/mol. The van der Waals surface area contributed by atoms with Crippen molar-refractivity contribution in [2.75, 3.05) is 12.8 Å². The van der Waals surface area contributed by atoms with E-state index in [0.29, 0.717) is 0 Å².